The number of rotatable bonds is 9. The summed E-state index contributed by atoms with van der Waals surface area (Å²) in [4.78, 5) is 2.46. The fourth-order valence-corrected chi connectivity index (χ4v) is 5.48. The van der Waals surface area contributed by atoms with Gasteiger partial charge in [0.2, 0.25) is 0 Å². The van der Waals surface area contributed by atoms with Gasteiger partial charge in [0.1, 0.15) is 12.4 Å². The zero-order chi connectivity index (χ0) is 21.6. The third-order valence-electron chi connectivity index (χ3n) is 5.59. The minimum absolute atomic E-state index is 0.0265. The number of nitrogens with zero attached hydrogens (tertiary/aromatic N) is 1. The molecular weight excluding hydrogens is 385 g/mol. The molecule has 0 aliphatic carbocycles. The van der Waals surface area contributed by atoms with Crippen LogP contribution < -0.4 is 14.9 Å². The Bertz CT molecular complexity index is 948. The Kier molecular flexibility index (Phi) is 7.56. The minimum atomic E-state index is -0.0265. The number of anilines is 1. The zero-order valence-electron chi connectivity index (χ0n) is 18.9. The molecular formula is C27H34NOP. The van der Waals surface area contributed by atoms with Crippen LogP contribution in [0.4, 0.5) is 5.69 Å². The first kappa shape index (κ1) is 22.4. The Labute approximate surface area is 184 Å². The fraction of sp³-hybridized carbons (Fsp3) is 0.333. The second kappa shape index (κ2) is 10.1. The van der Waals surface area contributed by atoms with E-state index >= 15 is 0 Å². The molecule has 0 aromatic heterocycles. The monoisotopic (exact) mass is 419 g/mol. The lowest BCUT2D eigenvalue weighted by Gasteiger charge is -2.32. The lowest BCUT2D eigenvalue weighted by Crippen LogP contribution is -2.28. The topological polar surface area (TPSA) is 12.5 Å². The molecule has 3 heteroatoms. The zero-order valence-corrected chi connectivity index (χ0v) is 19.9. The van der Waals surface area contributed by atoms with E-state index in [4.69, 9.17) is 4.74 Å². The average molecular weight is 420 g/mol. The third kappa shape index (κ3) is 5.24. The molecule has 30 heavy (non-hydrogen) atoms. The van der Waals surface area contributed by atoms with Crippen molar-refractivity contribution in [2.24, 2.45) is 0 Å². The molecule has 1 unspecified atom stereocenters. The average Bonchev–Trinajstić information content (AvgIpc) is 2.76. The maximum atomic E-state index is 6.29. The van der Waals surface area contributed by atoms with E-state index in [0.29, 0.717) is 15.2 Å². The number of hydrogen-bond acceptors (Lipinski definition) is 2. The molecule has 158 valence electrons. The van der Waals surface area contributed by atoms with Crippen molar-refractivity contribution in [3.05, 3.63) is 89.5 Å². The molecule has 0 amide bonds. The van der Waals surface area contributed by atoms with Crippen molar-refractivity contribution in [3.63, 3.8) is 0 Å². The van der Waals surface area contributed by atoms with Crippen LogP contribution >= 0.6 is 8.58 Å². The number of benzene rings is 3. The quantitative estimate of drug-likeness (QED) is 0.360. The summed E-state index contributed by atoms with van der Waals surface area (Å²) in [6, 6.07) is 25.6. The molecule has 0 saturated carbocycles. The summed E-state index contributed by atoms with van der Waals surface area (Å²) in [6.45, 7) is 14.0. The molecule has 3 aromatic rings. The van der Waals surface area contributed by atoms with Gasteiger partial charge >= 0.3 is 0 Å². The van der Waals surface area contributed by atoms with Gasteiger partial charge in [0.05, 0.1) is 0 Å². The van der Waals surface area contributed by atoms with Gasteiger partial charge in [-0.25, -0.2) is 0 Å². The largest absolute Gasteiger partial charge is 0.489 e. The first-order valence-electron chi connectivity index (χ1n) is 10.8. The van der Waals surface area contributed by atoms with Crippen molar-refractivity contribution in [1.29, 1.82) is 0 Å². The van der Waals surface area contributed by atoms with E-state index in [-0.39, 0.29) is 5.16 Å². The highest BCUT2D eigenvalue weighted by molar-refractivity contribution is 7.49. The number of aryl methyl sites for hydroxylation is 1. The molecule has 0 aliphatic rings. The van der Waals surface area contributed by atoms with E-state index in [1.54, 1.807) is 0 Å². The van der Waals surface area contributed by atoms with Crippen molar-refractivity contribution in [2.45, 2.75) is 46.4 Å². The van der Waals surface area contributed by atoms with Gasteiger partial charge in [-0.1, -0.05) is 83.1 Å². The molecule has 3 rings (SSSR count). The van der Waals surface area contributed by atoms with Crippen molar-refractivity contribution < 1.29 is 4.74 Å². The van der Waals surface area contributed by atoms with E-state index in [9.17, 15) is 0 Å². The second-order valence-corrected chi connectivity index (χ2v) is 10.2. The number of ether oxygens (including phenoxy) is 1. The minimum Gasteiger partial charge on any atom is -0.489 e. The van der Waals surface area contributed by atoms with E-state index in [2.05, 4.69) is 106 Å². The standard InChI is InChI=1S/C27H34NOP/c1-6-28(7-2)24-18-13-14-21(3)26(24)30-27(4,5)23-17-11-12-19-25(23)29-20-22-15-9-8-10-16-22/h8-19,30H,6-7,20H2,1-5H3. The van der Waals surface area contributed by atoms with Gasteiger partial charge in [0.25, 0.3) is 0 Å². The molecule has 2 nitrogen and oxygen atoms in total. The van der Waals surface area contributed by atoms with Crippen molar-refractivity contribution >= 4 is 19.6 Å². The van der Waals surface area contributed by atoms with Crippen molar-refractivity contribution in [1.82, 2.24) is 0 Å². The smallest absolute Gasteiger partial charge is 0.123 e. The Morgan fingerprint density at radius 2 is 1.50 bits per heavy atom. The molecule has 0 fully saturated rings. The van der Waals surface area contributed by atoms with Crippen LogP contribution in [0.3, 0.4) is 0 Å². The van der Waals surface area contributed by atoms with Crippen molar-refractivity contribution in [2.75, 3.05) is 18.0 Å². The van der Waals surface area contributed by atoms with E-state index in [1.165, 1.54) is 27.7 Å². The highest BCUT2D eigenvalue weighted by Crippen LogP contribution is 2.46. The second-order valence-electron chi connectivity index (χ2n) is 8.16. The molecule has 0 bridgehead atoms. The Balaban J connectivity index is 1.90. The molecule has 0 aliphatic heterocycles. The summed E-state index contributed by atoms with van der Waals surface area (Å²) >= 11 is 0. The summed E-state index contributed by atoms with van der Waals surface area (Å²) in [6.07, 6.45) is 0. The van der Waals surface area contributed by atoms with E-state index < -0.39 is 0 Å². The Morgan fingerprint density at radius 3 is 2.20 bits per heavy atom. The van der Waals surface area contributed by atoms with Crippen LogP contribution in [0.1, 0.15) is 44.4 Å². The maximum Gasteiger partial charge on any atom is 0.123 e. The Morgan fingerprint density at radius 1 is 0.833 bits per heavy atom. The van der Waals surface area contributed by atoms with Crippen LogP contribution in [-0.2, 0) is 11.8 Å². The van der Waals surface area contributed by atoms with Gasteiger partial charge in [-0.2, -0.15) is 0 Å². The molecule has 0 N–H and O–H groups in total. The summed E-state index contributed by atoms with van der Waals surface area (Å²) < 4.78 is 6.29. The highest BCUT2D eigenvalue weighted by atomic mass is 31.1. The fourth-order valence-electron chi connectivity index (χ4n) is 3.87. The van der Waals surface area contributed by atoms with Crippen LogP contribution in [0, 0.1) is 6.92 Å². The number of hydrogen-bond donors (Lipinski definition) is 0. The molecule has 0 spiro atoms. The summed E-state index contributed by atoms with van der Waals surface area (Å²) in [5.41, 5.74) is 5.20. The number of para-hydroxylation sites is 1. The van der Waals surface area contributed by atoms with Gasteiger partial charge in [0.15, 0.2) is 0 Å². The molecule has 1 atom stereocenters. The lowest BCUT2D eigenvalue weighted by molar-refractivity contribution is 0.301. The SMILES string of the molecule is CCN(CC)c1cccc(C)c1PC(C)(C)c1ccccc1OCc1ccccc1. The first-order valence-corrected chi connectivity index (χ1v) is 11.8. The van der Waals surface area contributed by atoms with Crippen LogP contribution in [0.25, 0.3) is 0 Å². The van der Waals surface area contributed by atoms with Crippen molar-refractivity contribution in [3.8, 4) is 5.75 Å². The van der Waals surface area contributed by atoms with Gasteiger partial charge in [-0.05, 0) is 49.3 Å². The van der Waals surface area contributed by atoms with Gasteiger partial charge in [-0.15, -0.1) is 0 Å². The molecule has 3 aromatic carbocycles. The first-order chi connectivity index (χ1) is 14.5. The molecule has 0 radical (unpaired) electrons. The third-order valence-corrected chi connectivity index (χ3v) is 7.38. The predicted molar refractivity (Wildman–Crippen MR) is 133 cm³/mol. The van der Waals surface area contributed by atoms with Crippen LogP contribution in [-0.4, -0.2) is 13.1 Å². The lowest BCUT2D eigenvalue weighted by atomic mass is 10.0. The highest BCUT2D eigenvalue weighted by Gasteiger charge is 2.27. The summed E-state index contributed by atoms with van der Waals surface area (Å²) in [5, 5.41) is 1.44. The van der Waals surface area contributed by atoms with Gasteiger partial charge in [0, 0.05) is 29.5 Å². The van der Waals surface area contributed by atoms with Gasteiger partial charge < -0.3 is 9.64 Å². The molecule has 0 heterocycles. The Hall–Kier alpha value is -2.31. The molecule has 0 saturated heterocycles. The summed E-state index contributed by atoms with van der Waals surface area (Å²) in [5.74, 6) is 0.983. The van der Waals surface area contributed by atoms with Gasteiger partial charge in [-0.3, -0.25) is 0 Å². The van der Waals surface area contributed by atoms with Crippen LogP contribution in [0.15, 0.2) is 72.8 Å². The summed E-state index contributed by atoms with van der Waals surface area (Å²) in [7, 11) is 0.651. The predicted octanol–water partition coefficient (Wildman–Crippen LogP) is 6.66. The normalized spacial score (nSPS) is 11.8. The van der Waals surface area contributed by atoms with Crippen LogP contribution in [0.2, 0.25) is 0 Å². The van der Waals surface area contributed by atoms with E-state index in [1.807, 2.05) is 6.07 Å². The van der Waals surface area contributed by atoms with E-state index in [0.717, 1.165) is 18.8 Å². The maximum absolute atomic E-state index is 6.29. The van der Waals surface area contributed by atoms with Crippen LogP contribution in [0.5, 0.6) is 5.75 Å².